The molecule has 0 radical (unpaired) electrons. The van der Waals surface area contributed by atoms with Gasteiger partial charge in [-0.2, -0.15) is 4.31 Å². The van der Waals surface area contributed by atoms with Crippen molar-refractivity contribution in [2.45, 2.75) is 23.6 Å². The maximum atomic E-state index is 12.4. The lowest BCUT2D eigenvalue weighted by atomic mass is 10.0. The third-order valence-corrected chi connectivity index (χ3v) is 6.67. The summed E-state index contributed by atoms with van der Waals surface area (Å²) in [5.41, 5.74) is 6.38. The summed E-state index contributed by atoms with van der Waals surface area (Å²) in [6.07, 6.45) is 1.86. The lowest BCUT2D eigenvalue weighted by molar-refractivity contribution is 0.0620. The van der Waals surface area contributed by atoms with Crippen LogP contribution in [0.4, 0.5) is 0 Å². The highest BCUT2D eigenvalue weighted by molar-refractivity contribution is 7.91. The number of hydrogen-bond donors (Lipinski definition) is 1. The summed E-state index contributed by atoms with van der Waals surface area (Å²) in [5, 5.41) is 1.80. The van der Waals surface area contributed by atoms with E-state index < -0.39 is 10.0 Å². The van der Waals surface area contributed by atoms with Crippen LogP contribution in [0.1, 0.15) is 18.4 Å². The Morgan fingerprint density at radius 3 is 2.74 bits per heavy atom. The molecule has 0 aliphatic carbocycles. The zero-order valence-electron chi connectivity index (χ0n) is 11.0. The molecule has 0 unspecified atom stereocenters. The summed E-state index contributed by atoms with van der Waals surface area (Å²) >= 11 is 1.24. The quantitative estimate of drug-likeness (QED) is 0.888. The number of thiophene rings is 1. The molecule has 0 spiro atoms. The van der Waals surface area contributed by atoms with E-state index in [2.05, 4.69) is 0 Å². The molecule has 1 aliphatic rings. The smallest absolute Gasteiger partial charge is 0.252 e. The average Bonchev–Trinajstić information content (AvgIpc) is 2.89. The number of nitrogens with zero attached hydrogens (tertiary/aromatic N) is 1. The van der Waals surface area contributed by atoms with Crippen LogP contribution in [0.3, 0.4) is 0 Å². The molecule has 0 amide bonds. The SMILES string of the molecule is CN(CC1CCOCC1)S(=O)(=O)c1cc(CN)cs1. The fourth-order valence-electron chi connectivity index (χ4n) is 2.14. The molecule has 0 bridgehead atoms. The number of hydrogen-bond acceptors (Lipinski definition) is 5. The second-order valence-corrected chi connectivity index (χ2v) is 8.00. The Morgan fingerprint density at radius 2 is 2.16 bits per heavy atom. The Labute approximate surface area is 118 Å². The minimum absolute atomic E-state index is 0.371. The number of nitrogens with two attached hydrogens (primary N) is 1. The van der Waals surface area contributed by atoms with Gasteiger partial charge < -0.3 is 10.5 Å². The second kappa shape index (κ2) is 6.32. The molecule has 5 nitrogen and oxygen atoms in total. The molecule has 7 heteroatoms. The van der Waals surface area contributed by atoms with Crippen molar-refractivity contribution in [3.63, 3.8) is 0 Å². The summed E-state index contributed by atoms with van der Waals surface area (Å²) in [5.74, 6) is 0.391. The minimum Gasteiger partial charge on any atom is -0.381 e. The molecule has 108 valence electrons. The van der Waals surface area contributed by atoms with E-state index >= 15 is 0 Å². The Morgan fingerprint density at radius 1 is 1.47 bits per heavy atom. The molecule has 2 N–H and O–H groups in total. The molecule has 0 aromatic carbocycles. The van der Waals surface area contributed by atoms with Gasteiger partial charge in [0.25, 0.3) is 10.0 Å². The predicted octanol–water partition coefficient (Wildman–Crippen LogP) is 1.25. The highest BCUT2D eigenvalue weighted by atomic mass is 32.2. The van der Waals surface area contributed by atoms with Gasteiger partial charge in [0.1, 0.15) is 4.21 Å². The molecular weight excluding hydrogens is 284 g/mol. The first-order chi connectivity index (χ1) is 9.04. The van der Waals surface area contributed by atoms with E-state index in [0.29, 0.717) is 23.2 Å². The summed E-state index contributed by atoms with van der Waals surface area (Å²) in [6.45, 7) is 2.39. The van der Waals surface area contributed by atoms with Gasteiger partial charge in [0.15, 0.2) is 0 Å². The zero-order valence-corrected chi connectivity index (χ0v) is 12.7. The van der Waals surface area contributed by atoms with Crippen molar-refractivity contribution in [3.8, 4) is 0 Å². The molecule has 1 saturated heterocycles. The Bertz CT molecular complexity index is 507. The van der Waals surface area contributed by atoms with Gasteiger partial charge in [-0.3, -0.25) is 0 Å². The van der Waals surface area contributed by atoms with Crippen molar-refractivity contribution in [1.29, 1.82) is 0 Å². The highest BCUT2D eigenvalue weighted by Crippen LogP contribution is 2.25. The Kier molecular flexibility index (Phi) is 4.97. The van der Waals surface area contributed by atoms with Gasteiger partial charge in [0, 0.05) is 33.4 Å². The molecule has 1 aromatic heterocycles. The van der Waals surface area contributed by atoms with Gasteiger partial charge >= 0.3 is 0 Å². The zero-order chi connectivity index (χ0) is 13.9. The fourth-order valence-corrected chi connectivity index (χ4v) is 4.82. The summed E-state index contributed by atoms with van der Waals surface area (Å²) < 4.78 is 31.9. The molecule has 2 rings (SSSR count). The van der Waals surface area contributed by atoms with Crippen LogP contribution < -0.4 is 5.73 Å². The van der Waals surface area contributed by atoms with Crippen molar-refractivity contribution in [2.75, 3.05) is 26.8 Å². The first-order valence-electron chi connectivity index (χ1n) is 6.35. The average molecular weight is 304 g/mol. The van der Waals surface area contributed by atoms with E-state index in [9.17, 15) is 8.42 Å². The summed E-state index contributed by atoms with van der Waals surface area (Å²) in [4.78, 5) is 0. The lowest BCUT2D eigenvalue weighted by Crippen LogP contribution is -2.33. The van der Waals surface area contributed by atoms with Crippen LogP contribution in [0, 0.1) is 5.92 Å². The highest BCUT2D eigenvalue weighted by Gasteiger charge is 2.26. The van der Waals surface area contributed by atoms with E-state index in [1.807, 2.05) is 0 Å². The topological polar surface area (TPSA) is 72.6 Å². The van der Waals surface area contributed by atoms with Crippen molar-refractivity contribution in [1.82, 2.24) is 4.31 Å². The Balaban J connectivity index is 2.05. The molecule has 0 saturated carbocycles. The third-order valence-electron chi connectivity index (χ3n) is 3.39. The summed E-state index contributed by atoms with van der Waals surface area (Å²) in [6, 6.07) is 1.67. The number of ether oxygens (including phenoxy) is 1. The van der Waals surface area contributed by atoms with E-state index in [1.165, 1.54) is 15.6 Å². The van der Waals surface area contributed by atoms with E-state index in [1.54, 1.807) is 18.5 Å². The van der Waals surface area contributed by atoms with Gasteiger partial charge in [-0.25, -0.2) is 8.42 Å². The number of sulfonamides is 1. The van der Waals surface area contributed by atoms with Crippen molar-refractivity contribution < 1.29 is 13.2 Å². The molecule has 0 atom stereocenters. The monoisotopic (exact) mass is 304 g/mol. The van der Waals surface area contributed by atoms with Gasteiger partial charge in [-0.15, -0.1) is 11.3 Å². The van der Waals surface area contributed by atoms with Crippen LogP contribution in [0.2, 0.25) is 0 Å². The molecule has 2 heterocycles. The van der Waals surface area contributed by atoms with Gasteiger partial charge in [-0.1, -0.05) is 0 Å². The van der Waals surface area contributed by atoms with Crippen LogP contribution in [0.15, 0.2) is 15.7 Å². The molecule has 1 fully saturated rings. The maximum Gasteiger partial charge on any atom is 0.252 e. The van der Waals surface area contributed by atoms with Crippen molar-refractivity contribution in [2.24, 2.45) is 11.7 Å². The molecule has 1 aromatic rings. The maximum absolute atomic E-state index is 12.4. The first kappa shape index (κ1) is 14.9. The minimum atomic E-state index is -3.37. The first-order valence-corrected chi connectivity index (χ1v) is 8.67. The van der Waals surface area contributed by atoms with Crippen molar-refractivity contribution in [3.05, 3.63) is 17.0 Å². The van der Waals surface area contributed by atoms with E-state index in [-0.39, 0.29) is 0 Å². The van der Waals surface area contributed by atoms with E-state index in [4.69, 9.17) is 10.5 Å². The standard InChI is InChI=1S/C12H20N2O3S2/c1-14(8-10-2-4-17-5-3-10)19(15,16)12-6-11(7-13)9-18-12/h6,9-10H,2-5,7-8,13H2,1H3. The van der Waals surface area contributed by atoms with Gasteiger partial charge in [0.2, 0.25) is 0 Å². The van der Waals surface area contributed by atoms with E-state index in [0.717, 1.165) is 31.6 Å². The van der Waals surface area contributed by atoms with Gasteiger partial charge in [-0.05, 0) is 35.8 Å². The predicted molar refractivity (Wildman–Crippen MR) is 75.6 cm³/mol. The van der Waals surface area contributed by atoms with Crippen LogP contribution in [-0.2, 0) is 21.3 Å². The van der Waals surface area contributed by atoms with Crippen LogP contribution in [0.5, 0.6) is 0 Å². The number of rotatable bonds is 5. The Hall–Kier alpha value is -0.470. The second-order valence-electron chi connectivity index (χ2n) is 4.82. The third kappa shape index (κ3) is 3.55. The summed E-state index contributed by atoms with van der Waals surface area (Å²) in [7, 11) is -1.73. The van der Waals surface area contributed by atoms with Crippen molar-refractivity contribution >= 4 is 21.4 Å². The van der Waals surface area contributed by atoms with Crippen LogP contribution >= 0.6 is 11.3 Å². The molecule has 1 aliphatic heterocycles. The normalized spacial score (nSPS) is 18.1. The lowest BCUT2D eigenvalue weighted by Gasteiger charge is -2.26. The largest absolute Gasteiger partial charge is 0.381 e. The fraction of sp³-hybridized carbons (Fsp3) is 0.667. The van der Waals surface area contributed by atoms with Gasteiger partial charge in [0.05, 0.1) is 0 Å². The molecular formula is C12H20N2O3S2. The van der Waals surface area contributed by atoms with Crippen LogP contribution in [0.25, 0.3) is 0 Å². The molecule has 19 heavy (non-hydrogen) atoms. The van der Waals surface area contributed by atoms with Crippen LogP contribution in [-0.4, -0.2) is 39.5 Å².